The van der Waals surface area contributed by atoms with Gasteiger partial charge in [-0.2, -0.15) is 0 Å². The summed E-state index contributed by atoms with van der Waals surface area (Å²) in [5.41, 5.74) is 8.83. The van der Waals surface area contributed by atoms with Gasteiger partial charge in [0.15, 0.2) is 0 Å². The van der Waals surface area contributed by atoms with Crippen LogP contribution in [0, 0.1) is 5.41 Å². The normalized spacial score (nSPS) is 11.5. The first-order chi connectivity index (χ1) is 12.0. The quantitative estimate of drug-likeness (QED) is 0.690. The largest absolute Gasteiger partial charge is 0.496 e. The highest BCUT2D eigenvalue weighted by Gasteiger charge is 2.13. The summed E-state index contributed by atoms with van der Waals surface area (Å²) in [5, 5.41) is 10.9. The minimum Gasteiger partial charge on any atom is -0.496 e. The van der Waals surface area contributed by atoms with Crippen molar-refractivity contribution in [3.05, 3.63) is 69.9 Å². The summed E-state index contributed by atoms with van der Waals surface area (Å²) in [6.07, 6.45) is 1.17. The number of hydrogen-bond acceptors (Lipinski definition) is 4. The molecule has 130 valence electrons. The highest BCUT2D eigenvalue weighted by Crippen LogP contribution is 2.27. The van der Waals surface area contributed by atoms with Gasteiger partial charge in [-0.3, -0.25) is 4.79 Å². The molecule has 0 fully saturated rings. The summed E-state index contributed by atoms with van der Waals surface area (Å²) in [6, 6.07) is 12.4. The molecule has 2 rings (SSSR count). The van der Waals surface area contributed by atoms with Gasteiger partial charge in [-0.1, -0.05) is 29.8 Å². The zero-order valence-electron chi connectivity index (χ0n) is 14.1. The number of nitrogens with two attached hydrogens (primary N) is 1. The number of carbonyl (C=O) groups excluding carboxylic acids is 1. The maximum Gasteiger partial charge on any atom is 0.251 e. The Kier molecular flexibility index (Phi) is 6.19. The molecule has 0 aliphatic heterocycles. The highest BCUT2D eigenvalue weighted by atomic mass is 35.5. The molecule has 0 heterocycles. The number of ether oxygens (including phenoxy) is 1. The molecule has 0 atom stereocenters. The number of halogens is 1. The van der Waals surface area contributed by atoms with E-state index < -0.39 is 0 Å². The Morgan fingerprint density at radius 1 is 1.32 bits per heavy atom. The van der Waals surface area contributed by atoms with Crippen molar-refractivity contribution in [1.82, 2.24) is 5.32 Å². The highest BCUT2D eigenvalue weighted by molar-refractivity contribution is 6.31. The van der Waals surface area contributed by atoms with Gasteiger partial charge in [0.25, 0.3) is 5.91 Å². The van der Waals surface area contributed by atoms with Crippen LogP contribution in [-0.4, -0.2) is 19.2 Å². The average Bonchev–Trinajstić information content (AvgIpc) is 2.61. The maximum absolute atomic E-state index is 12.4. The third-order valence-corrected chi connectivity index (χ3v) is 4.09. The van der Waals surface area contributed by atoms with Crippen molar-refractivity contribution < 1.29 is 9.53 Å². The fourth-order valence-electron chi connectivity index (χ4n) is 2.38. The van der Waals surface area contributed by atoms with Crippen molar-refractivity contribution in [2.75, 3.05) is 7.11 Å². The minimum absolute atomic E-state index is 0.241. The molecule has 0 aliphatic carbocycles. The lowest BCUT2D eigenvalue weighted by atomic mass is 10.0. The molecule has 0 radical (unpaired) electrons. The fraction of sp³-hybridized carbons (Fsp3) is 0.158. The van der Waals surface area contributed by atoms with Crippen LogP contribution >= 0.6 is 11.6 Å². The first-order valence-corrected chi connectivity index (χ1v) is 8.02. The Morgan fingerprint density at radius 2 is 2.04 bits per heavy atom. The van der Waals surface area contributed by atoms with E-state index in [-0.39, 0.29) is 5.91 Å². The van der Waals surface area contributed by atoms with Gasteiger partial charge in [0.05, 0.1) is 7.11 Å². The SMILES string of the molecule is COc1cc(C(=O)NCc2ccccc2Cl)ccc1C(C=N)=C(C)N. The Morgan fingerprint density at radius 3 is 2.64 bits per heavy atom. The molecule has 2 aromatic carbocycles. The van der Waals surface area contributed by atoms with E-state index >= 15 is 0 Å². The second kappa shape index (κ2) is 8.35. The van der Waals surface area contributed by atoms with Crippen LogP contribution in [0.2, 0.25) is 5.02 Å². The zero-order valence-corrected chi connectivity index (χ0v) is 14.9. The third kappa shape index (κ3) is 4.39. The Bertz CT molecular complexity index is 827. The molecule has 0 aromatic heterocycles. The maximum atomic E-state index is 12.4. The van der Waals surface area contributed by atoms with E-state index in [4.69, 9.17) is 27.5 Å². The van der Waals surface area contributed by atoms with Gasteiger partial charge in [-0.05, 0) is 36.8 Å². The lowest BCUT2D eigenvalue weighted by Gasteiger charge is -2.13. The number of rotatable bonds is 6. The summed E-state index contributed by atoms with van der Waals surface area (Å²) >= 11 is 6.09. The number of methoxy groups -OCH3 is 1. The van der Waals surface area contributed by atoms with Crippen molar-refractivity contribution in [2.45, 2.75) is 13.5 Å². The number of amides is 1. The summed E-state index contributed by atoms with van der Waals surface area (Å²) in [7, 11) is 1.51. The average molecular weight is 358 g/mol. The number of hydrogen-bond donors (Lipinski definition) is 3. The van der Waals surface area contributed by atoms with Crippen LogP contribution in [0.25, 0.3) is 5.57 Å². The van der Waals surface area contributed by atoms with Gasteiger partial charge in [0, 0.05) is 40.2 Å². The predicted molar refractivity (Wildman–Crippen MR) is 101 cm³/mol. The van der Waals surface area contributed by atoms with Crippen molar-refractivity contribution in [2.24, 2.45) is 5.73 Å². The standard InChI is InChI=1S/C19H20ClN3O2/c1-12(22)16(10-21)15-8-7-13(9-18(15)25-2)19(24)23-11-14-5-3-4-6-17(14)20/h3-10,21H,11,22H2,1-2H3,(H,23,24). The number of allylic oxidation sites excluding steroid dienone is 2. The van der Waals surface area contributed by atoms with Crippen molar-refractivity contribution in [1.29, 1.82) is 5.41 Å². The number of carbonyl (C=O) groups is 1. The van der Waals surface area contributed by atoms with Crippen LogP contribution < -0.4 is 15.8 Å². The molecule has 6 heteroatoms. The summed E-state index contributed by atoms with van der Waals surface area (Å²) in [5.74, 6) is 0.239. The van der Waals surface area contributed by atoms with Gasteiger partial charge in [-0.15, -0.1) is 0 Å². The second-order valence-corrected chi connectivity index (χ2v) is 5.84. The molecular weight excluding hydrogens is 338 g/mol. The van der Waals surface area contributed by atoms with Crippen LogP contribution in [0.15, 0.2) is 48.2 Å². The molecule has 0 saturated heterocycles. The predicted octanol–water partition coefficient (Wildman–Crippen LogP) is 3.62. The molecule has 4 N–H and O–H groups in total. The molecule has 1 amide bonds. The smallest absolute Gasteiger partial charge is 0.251 e. The molecule has 0 spiro atoms. The van der Waals surface area contributed by atoms with E-state index in [1.165, 1.54) is 13.3 Å². The second-order valence-electron chi connectivity index (χ2n) is 5.43. The van der Waals surface area contributed by atoms with E-state index in [2.05, 4.69) is 5.32 Å². The number of benzene rings is 2. The van der Waals surface area contributed by atoms with E-state index in [9.17, 15) is 4.79 Å². The Hall–Kier alpha value is -2.79. The van der Waals surface area contributed by atoms with E-state index in [0.29, 0.717) is 39.7 Å². The molecule has 2 aromatic rings. The van der Waals surface area contributed by atoms with Gasteiger partial charge in [-0.25, -0.2) is 0 Å². The topological polar surface area (TPSA) is 88.2 Å². The molecule has 0 aliphatic rings. The molecule has 0 bridgehead atoms. The van der Waals surface area contributed by atoms with E-state index in [1.807, 2.05) is 18.2 Å². The van der Waals surface area contributed by atoms with Crippen LogP contribution in [0.4, 0.5) is 0 Å². The van der Waals surface area contributed by atoms with Gasteiger partial charge in [0.2, 0.25) is 0 Å². The van der Waals surface area contributed by atoms with Crippen LogP contribution in [0.1, 0.15) is 28.4 Å². The first-order valence-electron chi connectivity index (χ1n) is 7.64. The van der Waals surface area contributed by atoms with Crippen LogP contribution in [0.3, 0.4) is 0 Å². The summed E-state index contributed by atoms with van der Waals surface area (Å²) in [6.45, 7) is 2.04. The van der Waals surface area contributed by atoms with Crippen LogP contribution in [0.5, 0.6) is 5.75 Å². The zero-order chi connectivity index (χ0) is 18.4. The van der Waals surface area contributed by atoms with E-state index in [1.54, 1.807) is 31.2 Å². The molecule has 0 unspecified atom stereocenters. The Labute approximate surface area is 152 Å². The first kappa shape index (κ1) is 18.5. The lowest BCUT2D eigenvalue weighted by molar-refractivity contribution is 0.0950. The van der Waals surface area contributed by atoms with Crippen LogP contribution in [-0.2, 0) is 6.54 Å². The van der Waals surface area contributed by atoms with Crippen molar-refractivity contribution >= 4 is 29.3 Å². The Balaban J connectivity index is 2.22. The molecule has 25 heavy (non-hydrogen) atoms. The molecule has 5 nitrogen and oxygen atoms in total. The van der Waals surface area contributed by atoms with Gasteiger partial charge in [0.1, 0.15) is 5.75 Å². The monoisotopic (exact) mass is 357 g/mol. The summed E-state index contributed by atoms with van der Waals surface area (Å²) in [4.78, 5) is 12.4. The number of nitrogens with one attached hydrogen (secondary N) is 2. The third-order valence-electron chi connectivity index (χ3n) is 3.72. The minimum atomic E-state index is -0.241. The van der Waals surface area contributed by atoms with Crippen molar-refractivity contribution in [3.8, 4) is 5.75 Å². The molecule has 0 saturated carbocycles. The van der Waals surface area contributed by atoms with Gasteiger partial charge >= 0.3 is 0 Å². The fourth-order valence-corrected chi connectivity index (χ4v) is 2.58. The van der Waals surface area contributed by atoms with Gasteiger partial charge < -0.3 is 21.2 Å². The summed E-state index contributed by atoms with van der Waals surface area (Å²) < 4.78 is 5.36. The van der Waals surface area contributed by atoms with Crippen molar-refractivity contribution in [3.63, 3.8) is 0 Å². The van der Waals surface area contributed by atoms with E-state index in [0.717, 1.165) is 5.56 Å². The molecular formula is C19H20ClN3O2. The lowest BCUT2D eigenvalue weighted by Crippen LogP contribution is -2.23.